The van der Waals surface area contributed by atoms with Crippen molar-refractivity contribution >= 4 is 124 Å². The molecule has 6 aliphatic heterocycles. The van der Waals surface area contributed by atoms with Crippen molar-refractivity contribution in [3.8, 4) is 0 Å². The second-order valence-electron chi connectivity index (χ2n) is 33.9. The third kappa shape index (κ3) is 22.5. The van der Waals surface area contributed by atoms with E-state index in [4.69, 9.17) is 58.5 Å². The third-order valence-electron chi connectivity index (χ3n) is 25.5. The zero-order chi connectivity index (χ0) is 90.9. The molecule has 2 saturated heterocycles. The smallest absolute Gasteiger partial charge is 0.410 e. The van der Waals surface area contributed by atoms with E-state index >= 15 is 0 Å². The Morgan fingerprint density at radius 3 is 1.35 bits per heavy atom. The minimum absolute atomic E-state index is 0.0969. The molecule has 131 heavy (non-hydrogen) atoms. The number of aromatic nitrogens is 6. The summed E-state index contributed by atoms with van der Waals surface area (Å²) in [6.07, 6.45) is 10.5. The maximum absolute atomic E-state index is 12.9. The van der Waals surface area contributed by atoms with Crippen molar-refractivity contribution in [2.45, 2.75) is 116 Å². The molecule has 0 radical (unpaired) electrons. The van der Waals surface area contributed by atoms with Gasteiger partial charge >= 0.3 is 18.3 Å². The summed E-state index contributed by atoms with van der Waals surface area (Å²) in [5, 5.41) is 20.0. The van der Waals surface area contributed by atoms with E-state index in [1.54, 1.807) is 41.4 Å². The van der Waals surface area contributed by atoms with Crippen LogP contribution in [0.4, 0.5) is 14.4 Å². The summed E-state index contributed by atoms with van der Waals surface area (Å²) in [7, 11) is 0. The van der Waals surface area contributed by atoms with E-state index in [-0.39, 0.29) is 48.2 Å². The van der Waals surface area contributed by atoms with Gasteiger partial charge in [-0.2, -0.15) is 0 Å². The Bertz CT molecular complexity index is 6060. The largest absolute Gasteiger partial charge is 0.450 e. The van der Waals surface area contributed by atoms with E-state index in [0.717, 1.165) is 206 Å². The first-order valence-electron chi connectivity index (χ1n) is 45.9. The Labute approximate surface area is 787 Å². The van der Waals surface area contributed by atoms with Crippen LogP contribution in [0.5, 0.6) is 0 Å². The van der Waals surface area contributed by atoms with Gasteiger partial charge in [0.2, 0.25) is 0 Å². The third-order valence-corrected chi connectivity index (χ3v) is 26.7. The van der Waals surface area contributed by atoms with E-state index in [9.17, 15) is 24.0 Å². The molecule has 25 nitrogen and oxygen atoms in total. The Kier molecular flexibility index (Phi) is 31.7. The first kappa shape index (κ1) is 93.2. The summed E-state index contributed by atoms with van der Waals surface area (Å²) in [5.74, 6) is 0.300. The number of carbonyl (C=O) groups excluding carboxylic acids is 5. The minimum atomic E-state index is -0.357. The lowest BCUT2D eigenvalue weighted by atomic mass is 9.89. The number of morpholine rings is 2. The van der Waals surface area contributed by atoms with Crippen LogP contribution < -0.4 is 21.3 Å². The molecule has 0 bridgehead atoms. The van der Waals surface area contributed by atoms with Gasteiger partial charge in [0.05, 0.1) is 52.6 Å². The standard InChI is InChI=1S/C28H33ClN4O4.C27H33BrN4O3.C27H28ClN5O3.C20H21ClN2/c1-2-37-28(35)33-13-10-22-23-18-21(29)8-9-24(23)31-25(22)26(33)19-4-6-20(7-5-19)27(34)30-11-3-12-32-14-16-36-17-15-32;1-2-35-27(33)32-11-9-22-23-17-21(28)7-8-24(23)30-25(22)26(32)20-5-3-19(4-6-20)18-29-10-12-31-13-15-34-16-14-31;1-2-36-27(35)33-14-10-21-22-16-20(28)8-9-23(22)31-24(21)25(33)18-4-6-19(7-5-18)26(34)30-11-3-13-32-15-12-29-17-32;1-13(14-5-3-2-4-6-14)11-19-20-16(9-10-22-19)17-12-15(21)7-8-18(17)23-20/h4-9,18,26,31H,2-3,10-17H2,1H3,(H,30,34);3-8,17,26,29-30H,2,9-16,18H2,1H3;4-9,12,15-17,25,31H,2-3,10-11,13-14H2,1H3,(H,30,34);2-8,12-13,19,22-23H,9-11H2,1H3. The highest BCUT2D eigenvalue weighted by Gasteiger charge is 2.40. The lowest BCUT2D eigenvalue weighted by Crippen LogP contribution is -2.41. The number of ether oxygens (including phenoxy) is 5. The minimum Gasteiger partial charge on any atom is -0.450 e. The highest BCUT2D eigenvalue weighted by molar-refractivity contribution is 9.10. The molecule has 29 heteroatoms. The van der Waals surface area contributed by atoms with Crippen molar-refractivity contribution in [3.05, 3.63) is 298 Å². The lowest BCUT2D eigenvalue weighted by Gasteiger charge is -2.35. The summed E-state index contributed by atoms with van der Waals surface area (Å²) in [6, 6.07) is 57.8. The molecular weight excluding hydrogens is 1780 g/mol. The number of H-pyrrole nitrogens is 4. The molecule has 11 heterocycles. The zero-order valence-corrected chi connectivity index (χ0v) is 78.4. The molecule has 5 aromatic heterocycles. The summed E-state index contributed by atoms with van der Waals surface area (Å²) < 4.78 is 30.0. The highest BCUT2D eigenvalue weighted by atomic mass is 79.9. The second-order valence-corrected chi connectivity index (χ2v) is 36.1. The topological polar surface area (TPSA) is 277 Å². The van der Waals surface area contributed by atoms with Crippen LogP contribution in [-0.2, 0) is 62.5 Å². The van der Waals surface area contributed by atoms with E-state index in [1.807, 2.05) is 114 Å². The van der Waals surface area contributed by atoms with Crippen LogP contribution in [0.3, 0.4) is 0 Å². The Morgan fingerprint density at radius 1 is 0.481 bits per heavy atom. The van der Waals surface area contributed by atoms with Crippen LogP contribution in [-0.4, -0.2) is 215 Å². The lowest BCUT2D eigenvalue weighted by molar-refractivity contribution is 0.0374. The average Bonchev–Trinajstić information content (AvgIpc) is 1.64. The summed E-state index contributed by atoms with van der Waals surface area (Å²) in [6.45, 7) is 24.4. The predicted molar refractivity (Wildman–Crippen MR) is 519 cm³/mol. The molecule has 0 spiro atoms. The molecule has 2 fully saturated rings. The van der Waals surface area contributed by atoms with Crippen molar-refractivity contribution in [1.29, 1.82) is 0 Å². The van der Waals surface area contributed by atoms with Gasteiger partial charge < -0.3 is 69.5 Å². The van der Waals surface area contributed by atoms with Crippen LogP contribution in [0, 0.1) is 0 Å². The fourth-order valence-corrected chi connectivity index (χ4v) is 19.8. The van der Waals surface area contributed by atoms with Gasteiger partial charge in [-0.15, -0.1) is 0 Å². The fourth-order valence-electron chi connectivity index (χ4n) is 18.9. The Morgan fingerprint density at radius 2 is 0.901 bits per heavy atom. The molecule has 13 aromatic rings. The SMILES string of the molecule is CC(CC1NCCc2c1[nH]c1ccc(Cl)cc21)c1ccccc1.CCOC(=O)N1CCc2c([nH]c3ccc(Br)cc23)C1c1ccc(CNCCN2CCOCC2)cc1.CCOC(=O)N1CCc2c([nH]c3ccc(Cl)cc23)C1c1ccc(C(=O)NCCCN2CCOCC2)cc1.CCOC(=O)N1CCc2c([nH]c3ccc(Cl)cc23)C1c1ccc(C(=O)NCCCn2ccnc2)cc1. The zero-order valence-electron chi connectivity index (χ0n) is 74.6. The van der Waals surface area contributed by atoms with Gasteiger partial charge in [-0.3, -0.25) is 34.1 Å². The highest BCUT2D eigenvalue weighted by Crippen LogP contribution is 2.45. The Balaban J connectivity index is 0.000000129. The maximum atomic E-state index is 12.9. The quantitative estimate of drug-likeness (QED) is 0.0206. The van der Waals surface area contributed by atoms with Gasteiger partial charge in [-0.1, -0.05) is 137 Å². The van der Waals surface area contributed by atoms with E-state index in [2.05, 4.69) is 158 Å². The van der Waals surface area contributed by atoms with Crippen LogP contribution in [0.15, 0.2) is 199 Å². The predicted octanol–water partition coefficient (Wildman–Crippen LogP) is 19.0. The van der Waals surface area contributed by atoms with Crippen molar-refractivity contribution in [3.63, 3.8) is 0 Å². The number of halogens is 4. The van der Waals surface area contributed by atoms with Gasteiger partial charge in [0, 0.05) is 201 Å². The van der Waals surface area contributed by atoms with E-state index < -0.39 is 0 Å². The van der Waals surface area contributed by atoms with Crippen molar-refractivity contribution < 1.29 is 47.7 Å². The number of aryl methyl sites for hydroxylation is 1. The molecule has 8 N–H and O–H groups in total. The number of carbonyl (C=O) groups is 5. The van der Waals surface area contributed by atoms with Crippen molar-refractivity contribution in [2.75, 3.05) is 131 Å². The van der Waals surface area contributed by atoms with Crippen molar-refractivity contribution in [2.24, 2.45) is 0 Å². The molecule has 5 unspecified atom stereocenters. The molecule has 686 valence electrons. The van der Waals surface area contributed by atoms with Gasteiger partial charge in [0.1, 0.15) is 18.1 Å². The molecular formula is C102H115BrCl3N15O10. The summed E-state index contributed by atoms with van der Waals surface area (Å²) in [5.41, 5.74) is 20.3. The summed E-state index contributed by atoms with van der Waals surface area (Å²) in [4.78, 5) is 92.5. The Hall–Kier alpha value is -11.0. The van der Waals surface area contributed by atoms with Crippen LogP contribution in [0.25, 0.3) is 43.6 Å². The first-order chi connectivity index (χ1) is 63.9. The molecule has 5 atom stereocenters. The average molecular weight is 1900 g/mol. The van der Waals surface area contributed by atoms with E-state index in [1.165, 1.54) is 44.2 Å². The summed E-state index contributed by atoms with van der Waals surface area (Å²) >= 11 is 22.3. The maximum Gasteiger partial charge on any atom is 0.410 e. The monoisotopic (exact) mass is 1890 g/mol. The molecule has 5 amide bonds. The molecule has 0 aliphatic carbocycles. The number of nitrogens with one attached hydrogen (secondary N) is 8. The van der Waals surface area contributed by atoms with Crippen LogP contribution in [0.2, 0.25) is 15.1 Å². The normalized spacial score (nSPS) is 17.5. The van der Waals surface area contributed by atoms with E-state index in [0.29, 0.717) is 98.5 Å². The number of rotatable bonds is 24. The van der Waals surface area contributed by atoms with Gasteiger partial charge in [-0.05, 0) is 232 Å². The first-order valence-corrected chi connectivity index (χ1v) is 47.8. The van der Waals surface area contributed by atoms with Crippen LogP contribution in [0.1, 0.15) is 171 Å². The fraction of sp³-hybridized carbons (Fsp3) is 0.373. The molecule has 8 aromatic carbocycles. The van der Waals surface area contributed by atoms with Gasteiger partial charge in [0.25, 0.3) is 11.8 Å². The second kappa shape index (κ2) is 44.5. The number of benzene rings is 8. The number of fused-ring (bicyclic) bond motifs is 12. The number of imidazole rings is 1. The van der Waals surface area contributed by atoms with Crippen molar-refractivity contribution in [1.82, 2.24) is 75.3 Å². The molecule has 0 saturated carbocycles. The number of hydrogen-bond acceptors (Lipinski definition) is 15. The number of hydrogen-bond donors (Lipinski definition) is 8. The number of aromatic amines is 4. The number of nitrogens with zero attached hydrogens (tertiary/aromatic N) is 7. The van der Waals surface area contributed by atoms with Gasteiger partial charge in [0.15, 0.2) is 0 Å². The van der Waals surface area contributed by atoms with Gasteiger partial charge in [-0.25, -0.2) is 19.4 Å². The number of amides is 5. The molecule has 6 aliphatic rings. The molecule has 19 rings (SSSR count). The van der Waals surface area contributed by atoms with Crippen LogP contribution >= 0.6 is 50.7 Å².